The zero-order valence-electron chi connectivity index (χ0n) is 18.9. The smallest absolute Gasteiger partial charge is 0.286 e. The normalized spacial score (nSPS) is 17.1. The maximum absolute atomic E-state index is 14.1. The van der Waals surface area contributed by atoms with Crippen LogP contribution in [0.15, 0.2) is 82.7 Å². The number of hydrogen-bond donors (Lipinski definition) is 0. The van der Waals surface area contributed by atoms with Gasteiger partial charge in [0.05, 0.1) is 10.6 Å². The molecule has 3 aromatic rings. The van der Waals surface area contributed by atoms with E-state index in [0.29, 0.717) is 53.6 Å². The molecular formula is C27H23ClFN3O2S. The third kappa shape index (κ3) is 5.52. The van der Waals surface area contributed by atoms with Crippen LogP contribution in [0.4, 0.5) is 10.1 Å². The van der Waals surface area contributed by atoms with Gasteiger partial charge in [0.25, 0.3) is 5.91 Å². The van der Waals surface area contributed by atoms with Gasteiger partial charge in [0.15, 0.2) is 5.17 Å². The molecule has 0 radical (unpaired) electrons. The molecule has 0 bridgehead atoms. The van der Waals surface area contributed by atoms with Gasteiger partial charge in [0.1, 0.15) is 18.2 Å². The Balaban J connectivity index is 1.17. The molecule has 5 rings (SSSR count). The number of halogens is 2. The molecule has 1 saturated heterocycles. The molecule has 0 atom stereocenters. The van der Waals surface area contributed by atoms with Gasteiger partial charge in [-0.3, -0.25) is 4.79 Å². The largest absolute Gasteiger partial charge is 0.489 e. The van der Waals surface area contributed by atoms with E-state index in [1.54, 1.807) is 12.1 Å². The fourth-order valence-electron chi connectivity index (χ4n) is 3.97. The Morgan fingerprint density at radius 3 is 2.37 bits per heavy atom. The highest BCUT2D eigenvalue weighted by Gasteiger charge is 2.29. The van der Waals surface area contributed by atoms with E-state index in [-0.39, 0.29) is 11.7 Å². The minimum atomic E-state index is -0.236. The molecule has 0 unspecified atom stereocenters. The maximum Gasteiger partial charge on any atom is 0.286 e. The first-order valence-electron chi connectivity index (χ1n) is 11.3. The number of nitrogens with zero attached hydrogens (tertiary/aromatic N) is 3. The average molecular weight is 508 g/mol. The van der Waals surface area contributed by atoms with Crippen molar-refractivity contribution >= 4 is 46.2 Å². The fourth-order valence-corrected chi connectivity index (χ4v) is 5.12. The molecule has 35 heavy (non-hydrogen) atoms. The predicted molar refractivity (Wildman–Crippen MR) is 140 cm³/mol. The number of aliphatic imine (C=N–C) groups is 1. The van der Waals surface area contributed by atoms with Crippen molar-refractivity contribution in [2.45, 2.75) is 6.61 Å². The Bertz CT molecular complexity index is 1290. The Hall–Kier alpha value is -3.29. The van der Waals surface area contributed by atoms with E-state index in [9.17, 15) is 9.18 Å². The summed E-state index contributed by atoms with van der Waals surface area (Å²) >= 11 is 7.56. The van der Waals surface area contributed by atoms with E-state index in [1.165, 1.54) is 17.8 Å². The zero-order chi connectivity index (χ0) is 24.2. The third-order valence-electron chi connectivity index (χ3n) is 5.88. The van der Waals surface area contributed by atoms with Gasteiger partial charge in [-0.05, 0) is 53.7 Å². The molecule has 178 valence electrons. The summed E-state index contributed by atoms with van der Waals surface area (Å²) < 4.78 is 19.9. The van der Waals surface area contributed by atoms with Gasteiger partial charge >= 0.3 is 0 Å². The first-order valence-corrected chi connectivity index (χ1v) is 12.5. The van der Waals surface area contributed by atoms with Gasteiger partial charge in [0, 0.05) is 36.8 Å². The summed E-state index contributed by atoms with van der Waals surface area (Å²) in [4.78, 5) is 21.5. The van der Waals surface area contributed by atoms with Crippen LogP contribution in [0.1, 0.15) is 11.1 Å². The van der Waals surface area contributed by atoms with Crippen LogP contribution in [0.5, 0.6) is 5.75 Å². The van der Waals surface area contributed by atoms with Crippen molar-refractivity contribution in [3.05, 3.63) is 99.7 Å². The summed E-state index contributed by atoms with van der Waals surface area (Å²) in [6.45, 7) is 3.08. The van der Waals surface area contributed by atoms with Crippen molar-refractivity contribution in [2.75, 3.05) is 31.1 Å². The first kappa shape index (κ1) is 23.5. The molecule has 5 nitrogen and oxygen atoms in total. The predicted octanol–water partition coefficient (Wildman–Crippen LogP) is 5.85. The van der Waals surface area contributed by atoms with Crippen molar-refractivity contribution in [1.82, 2.24) is 4.90 Å². The summed E-state index contributed by atoms with van der Waals surface area (Å²) in [7, 11) is 0. The lowest BCUT2D eigenvalue weighted by atomic mass is 10.2. The van der Waals surface area contributed by atoms with Crippen LogP contribution in [-0.4, -0.2) is 42.2 Å². The van der Waals surface area contributed by atoms with E-state index in [2.05, 4.69) is 9.89 Å². The van der Waals surface area contributed by atoms with Crippen LogP contribution in [0.3, 0.4) is 0 Å². The highest BCUT2D eigenvalue weighted by atomic mass is 35.5. The number of para-hydroxylation sites is 1. The molecule has 0 saturated carbocycles. The number of ether oxygens (including phenoxy) is 1. The number of amides is 1. The number of carbonyl (C=O) groups excluding carboxylic acids is 1. The second-order valence-corrected chi connectivity index (χ2v) is 9.60. The molecule has 1 fully saturated rings. The molecule has 0 aliphatic carbocycles. The summed E-state index contributed by atoms with van der Waals surface area (Å²) in [5.41, 5.74) is 2.43. The second kappa shape index (κ2) is 10.5. The van der Waals surface area contributed by atoms with Crippen LogP contribution < -0.4 is 9.64 Å². The Morgan fingerprint density at radius 2 is 1.63 bits per heavy atom. The average Bonchev–Trinajstić information content (AvgIpc) is 3.25. The van der Waals surface area contributed by atoms with Crippen LogP contribution in [0.2, 0.25) is 5.02 Å². The minimum Gasteiger partial charge on any atom is -0.489 e. The fraction of sp³-hybridized carbons (Fsp3) is 0.185. The molecule has 2 heterocycles. The van der Waals surface area contributed by atoms with Gasteiger partial charge in [-0.15, -0.1) is 0 Å². The van der Waals surface area contributed by atoms with Crippen molar-refractivity contribution in [3.63, 3.8) is 0 Å². The molecule has 0 spiro atoms. The number of amidine groups is 1. The van der Waals surface area contributed by atoms with E-state index >= 15 is 0 Å². The quantitative estimate of drug-likeness (QED) is 0.405. The molecule has 3 aromatic carbocycles. The van der Waals surface area contributed by atoms with Crippen LogP contribution in [0, 0.1) is 5.82 Å². The van der Waals surface area contributed by atoms with E-state index < -0.39 is 0 Å². The Labute approximate surface area is 212 Å². The van der Waals surface area contributed by atoms with Gasteiger partial charge in [-0.1, -0.05) is 54.1 Å². The van der Waals surface area contributed by atoms with E-state index in [1.807, 2.05) is 65.6 Å². The molecule has 0 N–H and O–H groups in total. The topological polar surface area (TPSA) is 45.1 Å². The second-order valence-electron chi connectivity index (χ2n) is 8.18. The Morgan fingerprint density at radius 1 is 0.943 bits per heavy atom. The highest BCUT2D eigenvalue weighted by Crippen LogP contribution is 2.31. The maximum atomic E-state index is 14.1. The molecule has 1 amide bonds. The van der Waals surface area contributed by atoms with Gasteiger partial charge in [0.2, 0.25) is 0 Å². The van der Waals surface area contributed by atoms with Gasteiger partial charge in [-0.2, -0.15) is 4.99 Å². The lowest BCUT2D eigenvalue weighted by Crippen LogP contribution is -2.48. The van der Waals surface area contributed by atoms with Crippen LogP contribution in [0.25, 0.3) is 6.08 Å². The van der Waals surface area contributed by atoms with E-state index in [0.717, 1.165) is 16.9 Å². The number of hydrogen-bond acceptors (Lipinski definition) is 5. The summed E-state index contributed by atoms with van der Waals surface area (Å²) in [6.07, 6.45) is 1.84. The van der Waals surface area contributed by atoms with Gasteiger partial charge < -0.3 is 14.5 Å². The molecule has 8 heteroatoms. The molecular weight excluding hydrogens is 485 g/mol. The van der Waals surface area contributed by atoms with Crippen molar-refractivity contribution in [1.29, 1.82) is 0 Å². The minimum absolute atomic E-state index is 0.214. The lowest BCUT2D eigenvalue weighted by molar-refractivity contribution is -0.113. The van der Waals surface area contributed by atoms with Crippen molar-refractivity contribution in [3.8, 4) is 5.75 Å². The standard InChI is InChI=1S/C27H23ClFN3O2S/c28-22-6-2-1-5-20(22)18-34-21-11-9-19(10-12-21)17-25-26(33)30-27(35-25)32-15-13-31(14-16-32)24-8-4-3-7-23(24)29/h1-12,17H,13-16,18H2/b25-17-. The van der Waals surface area contributed by atoms with Crippen LogP contribution >= 0.6 is 23.4 Å². The summed E-state index contributed by atoms with van der Waals surface area (Å²) in [5, 5.41) is 1.38. The third-order valence-corrected chi connectivity index (χ3v) is 7.30. The number of benzene rings is 3. The molecule has 2 aliphatic rings. The van der Waals surface area contributed by atoms with Crippen LogP contribution in [-0.2, 0) is 11.4 Å². The highest BCUT2D eigenvalue weighted by molar-refractivity contribution is 8.18. The number of piperazine rings is 1. The summed E-state index contributed by atoms with van der Waals surface area (Å²) in [5.74, 6) is 0.275. The lowest BCUT2D eigenvalue weighted by Gasteiger charge is -2.36. The zero-order valence-corrected chi connectivity index (χ0v) is 20.4. The van der Waals surface area contributed by atoms with Crippen molar-refractivity contribution < 1.29 is 13.9 Å². The SMILES string of the molecule is O=C1N=C(N2CCN(c3ccccc3F)CC2)S/C1=C\c1ccc(OCc2ccccc2Cl)cc1. The monoisotopic (exact) mass is 507 g/mol. The van der Waals surface area contributed by atoms with Crippen molar-refractivity contribution in [2.24, 2.45) is 4.99 Å². The number of anilines is 1. The number of thioether (sulfide) groups is 1. The Kier molecular flexibility index (Phi) is 7.06. The first-order chi connectivity index (χ1) is 17.1. The molecule has 0 aromatic heterocycles. The van der Waals surface area contributed by atoms with Gasteiger partial charge in [-0.25, -0.2) is 4.39 Å². The number of rotatable bonds is 5. The number of carbonyl (C=O) groups is 1. The summed E-state index contributed by atoms with van der Waals surface area (Å²) in [6, 6.07) is 22.0. The molecule has 2 aliphatic heterocycles. The van der Waals surface area contributed by atoms with E-state index in [4.69, 9.17) is 16.3 Å².